The number of carboxylic acids is 1. The van der Waals surface area contributed by atoms with Gasteiger partial charge in [0.05, 0.1) is 27.5 Å². The van der Waals surface area contributed by atoms with Crippen molar-refractivity contribution in [3.05, 3.63) is 63.6 Å². The minimum atomic E-state index is -0.990. The van der Waals surface area contributed by atoms with Crippen molar-refractivity contribution < 1.29 is 9.90 Å². The van der Waals surface area contributed by atoms with E-state index in [1.807, 2.05) is 0 Å². The number of anilines is 1. The predicted octanol–water partition coefficient (Wildman–Crippen LogP) is 4.14. The Morgan fingerprint density at radius 1 is 1.20 bits per heavy atom. The molecule has 2 aromatic rings. The van der Waals surface area contributed by atoms with Gasteiger partial charge >= 0.3 is 5.97 Å². The lowest BCUT2D eigenvalue weighted by atomic mass is 10.2. The van der Waals surface area contributed by atoms with Gasteiger partial charge in [0.1, 0.15) is 0 Å². The first-order valence-electron chi connectivity index (χ1n) is 5.64. The fourth-order valence-corrected chi connectivity index (χ4v) is 1.87. The highest BCUT2D eigenvalue weighted by atomic mass is 35.5. The molecule has 0 bridgehead atoms. The predicted molar refractivity (Wildman–Crippen MR) is 81.1 cm³/mol. The highest BCUT2D eigenvalue weighted by Crippen LogP contribution is 2.24. The van der Waals surface area contributed by atoms with Crippen LogP contribution in [0.5, 0.6) is 0 Å². The Morgan fingerprint density at radius 2 is 1.95 bits per heavy atom. The van der Waals surface area contributed by atoms with Crippen LogP contribution in [-0.4, -0.2) is 17.3 Å². The molecule has 0 aliphatic rings. The number of hydrazone groups is 1. The number of carbonyl (C=O) groups is 1. The SMILES string of the molecule is O=C(O)c1cccc(N/N=C\c2cccc(Cl)c2Cl)c1. The van der Waals surface area contributed by atoms with E-state index in [0.29, 0.717) is 21.3 Å². The molecule has 102 valence electrons. The molecule has 4 nitrogen and oxygen atoms in total. The zero-order chi connectivity index (χ0) is 14.5. The highest BCUT2D eigenvalue weighted by Gasteiger charge is 2.03. The van der Waals surface area contributed by atoms with Crippen molar-refractivity contribution in [2.45, 2.75) is 0 Å². The quantitative estimate of drug-likeness (QED) is 0.659. The molecule has 0 amide bonds. The summed E-state index contributed by atoms with van der Waals surface area (Å²) in [5, 5.41) is 13.7. The Morgan fingerprint density at radius 3 is 2.70 bits per heavy atom. The smallest absolute Gasteiger partial charge is 0.335 e. The third-order valence-electron chi connectivity index (χ3n) is 2.49. The van der Waals surface area contributed by atoms with E-state index < -0.39 is 5.97 Å². The van der Waals surface area contributed by atoms with Crippen molar-refractivity contribution in [2.75, 3.05) is 5.43 Å². The molecule has 0 spiro atoms. The molecule has 0 radical (unpaired) electrons. The van der Waals surface area contributed by atoms with Crippen molar-refractivity contribution in [1.82, 2.24) is 0 Å². The minimum absolute atomic E-state index is 0.186. The fraction of sp³-hybridized carbons (Fsp3) is 0. The maximum atomic E-state index is 10.8. The lowest BCUT2D eigenvalue weighted by molar-refractivity contribution is 0.0697. The normalized spacial score (nSPS) is 10.7. The second kappa shape index (κ2) is 6.41. The summed E-state index contributed by atoms with van der Waals surface area (Å²) < 4.78 is 0. The van der Waals surface area contributed by atoms with Gasteiger partial charge in [-0.25, -0.2) is 4.79 Å². The van der Waals surface area contributed by atoms with Gasteiger partial charge in [0.15, 0.2) is 0 Å². The Balaban J connectivity index is 2.12. The molecule has 0 saturated heterocycles. The van der Waals surface area contributed by atoms with Gasteiger partial charge in [0.2, 0.25) is 0 Å². The molecular formula is C14H10Cl2N2O2. The average molecular weight is 309 g/mol. The molecule has 20 heavy (non-hydrogen) atoms. The van der Waals surface area contributed by atoms with Gasteiger partial charge in [-0.2, -0.15) is 5.10 Å². The summed E-state index contributed by atoms with van der Waals surface area (Å²) in [6, 6.07) is 11.6. The minimum Gasteiger partial charge on any atom is -0.478 e. The first-order chi connectivity index (χ1) is 9.58. The van der Waals surface area contributed by atoms with E-state index in [-0.39, 0.29) is 5.56 Å². The zero-order valence-corrected chi connectivity index (χ0v) is 11.7. The second-order valence-corrected chi connectivity index (χ2v) is 4.68. The molecule has 0 fully saturated rings. The maximum absolute atomic E-state index is 10.8. The summed E-state index contributed by atoms with van der Waals surface area (Å²) in [5.41, 5.74) is 4.16. The van der Waals surface area contributed by atoms with Gasteiger partial charge in [-0.1, -0.05) is 41.4 Å². The molecule has 0 saturated carbocycles. The van der Waals surface area contributed by atoms with Crippen LogP contribution in [0.4, 0.5) is 5.69 Å². The molecule has 0 unspecified atom stereocenters. The van der Waals surface area contributed by atoms with Crippen LogP contribution in [-0.2, 0) is 0 Å². The Hall–Kier alpha value is -2.04. The van der Waals surface area contributed by atoms with Gasteiger partial charge in [0.25, 0.3) is 0 Å². The van der Waals surface area contributed by atoms with Gasteiger partial charge in [0, 0.05) is 5.56 Å². The monoisotopic (exact) mass is 308 g/mol. The third kappa shape index (κ3) is 3.50. The fourth-order valence-electron chi connectivity index (χ4n) is 1.52. The first-order valence-corrected chi connectivity index (χ1v) is 6.40. The number of carboxylic acid groups (broad SMARTS) is 1. The van der Waals surface area contributed by atoms with E-state index in [9.17, 15) is 4.79 Å². The number of halogens is 2. The van der Waals surface area contributed by atoms with E-state index in [0.717, 1.165) is 0 Å². The Labute approximate surface area is 125 Å². The number of rotatable bonds is 4. The average Bonchev–Trinajstić information content (AvgIpc) is 2.44. The van der Waals surface area contributed by atoms with Gasteiger partial charge in [-0.05, 0) is 24.3 Å². The number of hydrogen-bond donors (Lipinski definition) is 2. The Bertz CT molecular complexity index is 672. The molecule has 2 N–H and O–H groups in total. The molecule has 0 atom stereocenters. The summed E-state index contributed by atoms with van der Waals surface area (Å²) in [5.74, 6) is -0.990. The second-order valence-electron chi connectivity index (χ2n) is 3.90. The summed E-state index contributed by atoms with van der Waals surface area (Å²) in [6.07, 6.45) is 1.52. The first kappa shape index (κ1) is 14.4. The van der Waals surface area contributed by atoms with Crippen LogP contribution in [0, 0.1) is 0 Å². The van der Waals surface area contributed by atoms with E-state index in [2.05, 4.69) is 10.5 Å². The van der Waals surface area contributed by atoms with Crippen molar-refractivity contribution in [3.8, 4) is 0 Å². The van der Waals surface area contributed by atoms with E-state index in [4.69, 9.17) is 28.3 Å². The molecule has 0 aromatic heterocycles. The Kier molecular flexibility index (Phi) is 4.61. The van der Waals surface area contributed by atoms with Crippen molar-refractivity contribution in [2.24, 2.45) is 5.10 Å². The molecule has 0 aliphatic heterocycles. The molecule has 0 aliphatic carbocycles. The summed E-state index contributed by atoms with van der Waals surface area (Å²) in [6.45, 7) is 0. The molecular weight excluding hydrogens is 299 g/mol. The van der Waals surface area contributed by atoms with Crippen LogP contribution in [0.2, 0.25) is 10.0 Å². The lowest BCUT2D eigenvalue weighted by Crippen LogP contribution is -1.97. The number of aromatic carboxylic acids is 1. The molecule has 6 heteroatoms. The van der Waals surface area contributed by atoms with Crippen LogP contribution in [0.3, 0.4) is 0 Å². The van der Waals surface area contributed by atoms with Gasteiger partial charge in [-0.15, -0.1) is 0 Å². The van der Waals surface area contributed by atoms with Crippen LogP contribution in [0.25, 0.3) is 0 Å². The van der Waals surface area contributed by atoms with Crippen molar-refractivity contribution in [1.29, 1.82) is 0 Å². The zero-order valence-electron chi connectivity index (χ0n) is 10.2. The molecule has 0 heterocycles. The van der Waals surface area contributed by atoms with Crippen LogP contribution in [0.1, 0.15) is 15.9 Å². The summed E-state index contributed by atoms with van der Waals surface area (Å²) in [7, 11) is 0. The lowest BCUT2D eigenvalue weighted by Gasteiger charge is -2.02. The van der Waals surface area contributed by atoms with Gasteiger partial charge < -0.3 is 5.11 Å². The number of nitrogens with one attached hydrogen (secondary N) is 1. The number of nitrogens with zero attached hydrogens (tertiary/aromatic N) is 1. The highest BCUT2D eigenvalue weighted by molar-refractivity contribution is 6.43. The van der Waals surface area contributed by atoms with Crippen LogP contribution < -0.4 is 5.43 Å². The third-order valence-corrected chi connectivity index (χ3v) is 3.32. The summed E-state index contributed by atoms with van der Waals surface area (Å²) in [4.78, 5) is 10.8. The standard InChI is InChI=1S/C14H10Cl2N2O2/c15-12-6-2-4-10(13(12)16)8-17-18-11-5-1-3-9(7-11)14(19)20/h1-8,18H,(H,19,20)/b17-8-. The van der Waals surface area contributed by atoms with Crippen LogP contribution in [0.15, 0.2) is 47.6 Å². The van der Waals surface area contributed by atoms with E-state index in [1.54, 1.807) is 30.3 Å². The van der Waals surface area contributed by atoms with Gasteiger partial charge in [-0.3, -0.25) is 5.43 Å². The topological polar surface area (TPSA) is 61.7 Å². The van der Waals surface area contributed by atoms with E-state index in [1.165, 1.54) is 18.3 Å². The van der Waals surface area contributed by atoms with Crippen molar-refractivity contribution >= 4 is 41.1 Å². The van der Waals surface area contributed by atoms with Crippen molar-refractivity contribution in [3.63, 3.8) is 0 Å². The molecule has 2 rings (SSSR count). The number of hydrogen-bond acceptors (Lipinski definition) is 3. The molecule has 2 aromatic carbocycles. The number of benzene rings is 2. The van der Waals surface area contributed by atoms with E-state index >= 15 is 0 Å². The largest absolute Gasteiger partial charge is 0.478 e. The maximum Gasteiger partial charge on any atom is 0.335 e. The van der Waals surface area contributed by atoms with Crippen LogP contribution >= 0.6 is 23.2 Å². The summed E-state index contributed by atoms with van der Waals surface area (Å²) >= 11 is 11.9.